The second-order valence-electron chi connectivity index (χ2n) is 6.78. The molecule has 1 heterocycles. The van der Waals surface area contributed by atoms with Crippen LogP contribution in [0.5, 0.6) is 0 Å². The summed E-state index contributed by atoms with van der Waals surface area (Å²) in [4.78, 5) is 4.57. The van der Waals surface area contributed by atoms with E-state index < -0.39 is 0 Å². The standard InChI is InChI=1S/C16H23N3S/c1-15(2,3)13-18-14(20-19-13)17-11-16(4,5)12-9-7-6-8-10-12/h6-10H,11H2,1-5H3,(H,17,18,19). The van der Waals surface area contributed by atoms with Crippen molar-refractivity contribution in [1.82, 2.24) is 9.36 Å². The first-order valence-corrected chi connectivity index (χ1v) is 7.70. The molecule has 0 radical (unpaired) electrons. The Hall–Kier alpha value is -1.42. The van der Waals surface area contributed by atoms with Crippen molar-refractivity contribution < 1.29 is 0 Å². The number of rotatable bonds is 4. The highest BCUT2D eigenvalue weighted by Gasteiger charge is 2.22. The minimum atomic E-state index is 0.00534. The molecule has 0 atom stereocenters. The third-order valence-electron chi connectivity index (χ3n) is 3.33. The summed E-state index contributed by atoms with van der Waals surface area (Å²) in [5, 5.41) is 4.32. The van der Waals surface area contributed by atoms with E-state index in [0.29, 0.717) is 0 Å². The van der Waals surface area contributed by atoms with Gasteiger partial charge >= 0.3 is 0 Å². The first-order chi connectivity index (χ1) is 9.29. The van der Waals surface area contributed by atoms with E-state index in [1.54, 1.807) is 0 Å². The summed E-state index contributed by atoms with van der Waals surface area (Å²) in [6.45, 7) is 11.7. The van der Waals surface area contributed by atoms with E-state index in [0.717, 1.165) is 17.5 Å². The number of nitrogens with one attached hydrogen (secondary N) is 1. The lowest BCUT2D eigenvalue weighted by Crippen LogP contribution is -2.27. The lowest BCUT2D eigenvalue weighted by Gasteiger charge is -2.25. The van der Waals surface area contributed by atoms with E-state index in [4.69, 9.17) is 0 Å². The van der Waals surface area contributed by atoms with Gasteiger partial charge in [-0.3, -0.25) is 0 Å². The molecule has 0 fully saturated rings. The van der Waals surface area contributed by atoms with Gasteiger partial charge in [-0.05, 0) is 5.56 Å². The molecule has 2 aromatic rings. The van der Waals surface area contributed by atoms with Crippen molar-refractivity contribution in [2.45, 2.75) is 45.4 Å². The van der Waals surface area contributed by atoms with Crippen molar-refractivity contribution in [2.75, 3.05) is 11.9 Å². The van der Waals surface area contributed by atoms with Gasteiger partial charge in [0.25, 0.3) is 0 Å². The maximum absolute atomic E-state index is 4.57. The summed E-state index contributed by atoms with van der Waals surface area (Å²) >= 11 is 1.44. The average molecular weight is 289 g/mol. The second-order valence-corrected chi connectivity index (χ2v) is 7.53. The van der Waals surface area contributed by atoms with Crippen molar-refractivity contribution in [3.8, 4) is 0 Å². The highest BCUT2D eigenvalue weighted by molar-refractivity contribution is 7.09. The molecule has 1 N–H and O–H groups in total. The van der Waals surface area contributed by atoms with Gasteiger partial charge in [0.2, 0.25) is 5.13 Å². The third-order valence-corrected chi connectivity index (χ3v) is 4.01. The second kappa shape index (κ2) is 5.52. The monoisotopic (exact) mass is 289 g/mol. The maximum atomic E-state index is 4.57. The Morgan fingerprint density at radius 3 is 2.25 bits per heavy atom. The Kier molecular flexibility index (Phi) is 4.14. The molecule has 0 spiro atoms. The van der Waals surface area contributed by atoms with Gasteiger partial charge in [0.15, 0.2) is 0 Å². The summed E-state index contributed by atoms with van der Waals surface area (Å²) in [5.41, 5.74) is 1.40. The minimum Gasteiger partial charge on any atom is -0.359 e. The van der Waals surface area contributed by atoms with E-state index >= 15 is 0 Å². The van der Waals surface area contributed by atoms with E-state index in [2.05, 4.69) is 73.6 Å². The SMILES string of the molecule is CC(C)(C)c1nsc(NCC(C)(C)c2ccccc2)n1. The zero-order valence-corrected chi connectivity index (χ0v) is 13.7. The molecular formula is C16H23N3S. The van der Waals surface area contributed by atoms with E-state index in [1.165, 1.54) is 17.1 Å². The van der Waals surface area contributed by atoms with Crippen LogP contribution in [0, 0.1) is 0 Å². The molecule has 0 saturated heterocycles. The molecule has 2 rings (SSSR count). The molecular weight excluding hydrogens is 266 g/mol. The van der Waals surface area contributed by atoms with Crippen LogP contribution in [0.15, 0.2) is 30.3 Å². The van der Waals surface area contributed by atoms with Crippen LogP contribution in [0.1, 0.15) is 46.0 Å². The highest BCUT2D eigenvalue weighted by atomic mass is 32.1. The molecule has 1 aromatic carbocycles. The van der Waals surface area contributed by atoms with E-state index in [9.17, 15) is 0 Å². The molecule has 3 nitrogen and oxygen atoms in total. The fourth-order valence-electron chi connectivity index (χ4n) is 1.89. The van der Waals surface area contributed by atoms with Gasteiger partial charge in [0.1, 0.15) is 5.82 Å². The Bertz CT molecular complexity index is 553. The van der Waals surface area contributed by atoms with Gasteiger partial charge in [0.05, 0.1) is 0 Å². The average Bonchev–Trinajstić information content (AvgIpc) is 2.86. The quantitative estimate of drug-likeness (QED) is 0.915. The Labute approximate surface area is 125 Å². The van der Waals surface area contributed by atoms with Gasteiger partial charge in [-0.1, -0.05) is 65.0 Å². The molecule has 0 amide bonds. The first kappa shape index (κ1) is 15.0. The Balaban J connectivity index is 2.03. The molecule has 0 bridgehead atoms. The molecule has 0 aliphatic rings. The van der Waals surface area contributed by atoms with Crippen LogP contribution in [0.4, 0.5) is 5.13 Å². The Morgan fingerprint density at radius 1 is 1.05 bits per heavy atom. The molecule has 1 aromatic heterocycles. The fraction of sp³-hybridized carbons (Fsp3) is 0.500. The number of anilines is 1. The minimum absolute atomic E-state index is 0.00534. The molecule has 0 saturated carbocycles. The van der Waals surface area contributed by atoms with Crippen molar-refractivity contribution in [3.05, 3.63) is 41.7 Å². The molecule has 108 valence electrons. The molecule has 0 unspecified atom stereocenters. The molecule has 4 heteroatoms. The number of hydrogen-bond donors (Lipinski definition) is 1. The maximum Gasteiger partial charge on any atom is 0.202 e. The number of aromatic nitrogens is 2. The number of hydrogen-bond acceptors (Lipinski definition) is 4. The highest BCUT2D eigenvalue weighted by Crippen LogP contribution is 2.26. The summed E-state index contributed by atoms with van der Waals surface area (Å²) in [6.07, 6.45) is 0. The number of nitrogens with zero attached hydrogens (tertiary/aromatic N) is 2. The lowest BCUT2D eigenvalue weighted by atomic mass is 9.85. The van der Waals surface area contributed by atoms with E-state index in [-0.39, 0.29) is 10.8 Å². The largest absolute Gasteiger partial charge is 0.359 e. The molecule has 20 heavy (non-hydrogen) atoms. The zero-order valence-electron chi connectivity index (χ0n) is 12.9. The third kappa shape index (κ3) is 3.57. The van der Waals surface area contributed by atoms with Crippen LogP contribution in [-0.4, -0.2) is 15.9 Å². The summed E-state index contributed by atoms with van der Waals surface area (Å²) in [7, 11) is 0. The van der Waals surface area contributed by atoms with Crippen molar-refractivity contribution in [1.29, 1.82) is 0 Å². The van der Waals surface area contributed by atoms with Crippen molar-refractivity contribution in [2.24, 2.45) is 0 Å². The van der Waals surface area contributed by atoms with Gasteiger partial charge < -0.3 is 5.32 Å². The van der Waals surface area contributed by atoms with Gasteiger partial charge in [-0.2, -0.15) is 4.37 Å². The zero-order chi connectivity index (χ0) is 14.8. The van der Waals surface area contributed by atoms with Crippen LogP contribution < -0.4 is 5.32 Å². The van der Waals surface area contributed by atoms with Gasteiger partial charge in [-0.15, -0.1) is 0 Å². The molecule has 0 aliphatic heterocycles. The molecule has 0 aliphatic carbocycles. The first-order valence-electron chi connectivity index (χ1n) is 6.93. The van der Waals surface area contributed by atoms with Crippen LogP contribution in [0.2, 0.25) is 0 Å². The summed E-state index contributed by atoms with van der Waals surface area (Å²) in [5.74, 6) is 0.905. The van der Waals surface area contributed by atoms with Crippen LogP contribution in [-0.2, 0) is 10.8 Å². The summed E-state index contributed by atoms with van der Waals surface area (Å²) < 4.78 is 4.43. The van der Waals surface area contributed by atoms with Crippen molar-refractivity contribution >= 4 is 16.7 Å². The predicted octanol–water partition coefficient (Wildman–Crippen LogP) is 4.23. The van der Waals surface area contributed by atoms with Gasteiger partial charge in [0, 0.05) is 28.9 Å². The van der Waals surface area contributed by atoms with E-state index in [1.807, 2.05) is 6.07 Å². The van der Waals surface area contributed by atoms with Gasteiger partial charge in [-0.25, -0.2) is 4.98 Å². The topological polar surface area (TPSA) is 37.8 Å². The summed E-state index contributed by atoms with van der Waals surface area (Å²) in [6, 6.07) is 10.6. The van der Waals surface area contributed by atoms with Crippen LogP contribution in [0.25, 0.3) is 0 Å². The smallest absolute Gasteiger partial charge is 0.202 e. The number of benzene rings is 1. The van der Waals surface area contributed by atoms with Crippen LogP contribution in [0.3, 0.4) is 0 Å². The fourth-order valence-corrected chi connectivity index (χ4v) is 2.64. The normalized spacial score (nSPS) is 12.4. The predicted molar refractivity (Wildman–Crippen MR) is 86.6 cm³/mol. The van der Waals surface area contributed by atoms with Crippen molar-refractivity contribution in [3.63, 3.8) is 0 Å². The van der Waals surface area contributed by atoms with Crippen LogP contribution >= 0.6 is 11.5 Å². The lowest BCUT2D eigenvalue weighted by molar-refractivity contribution is 0.549. The Morgan fingerprint density at radius 2 is 1.70 bits per heavy atom.